The highest BCUT2D eigenvalue weighted by Crippen LogP contribution is 2.27. The molecule has 1 aromatic rings. The van der Waals surface area contributed by atoms with Crippen molar-refractivity contribution in [3.05, 3.63) is 23.8 Å². The largest absolute Gasteiger partial charge is 0.382 e. The standard InChI is InChI=1S/C23H39N3O3/c1-8-29-13-9-12-24-22(28)19-15-18(10-11-20(19)26(6)7)25-21(27)14-17(2)16-23(3,4)5/h10-11,15,17H,8-9,12-14,16H2,1-7H3,(H,24,28)(H,25,27)/t17-/m1/s1. The van der Waals surface area contributed by atoms with Gasteiger partial charge < -0.3 is 20.3 Å². The van der Waals surface area contributed by atoms with Crippen molar-refractivity contribution in [3.8, 4) is 0 Å². The molecule has 0 unspecified atom stereocenters. The maximum atomic E-state index is 12.7. The number of anilines is 2. The molecule has 0 heterocycles. The smallest absolute Gasteiger partial charge is 0.253 e. The number of carbonyl (C=O) groups is 2. The molecule has 0 bridgehead atoms. The van der Waals surface area contributed by atoms with Gasteiger partial charge in [0, 0.05) is 51.6 Å². The molecule has 0 spiro atoms. The van der Waals surface area contributed by atoms with Gasteiger partial charge in [0.2, 0.25) is 5.91 Å². The van der Waals surface area contributed by atoms with E-state index in [4.69, 9.17) is 4.74 Å². The lowest BCUT2D eigenvalue weighted by Crippen LogP contribution is -2.27. The number of hydrogen-bond donors (Lipinski definition) is 2. The number of amides is 2. The third-order valence-corrected chi connectivity index (χ3v) is 4.46. The highest BCUT2D eigenvalue weighted by atomic mass is 16.5. The summed E-state index contributed by atoms with van der Waals surface area (Å²) in [7, 11) is 3.79. The second-order valence-corrected chi connectivity index (χ2v) is 9.05. The first-order valence-corrected chi connectivity index (χ1v) is 10.5. The van der Waals surface area contributed by atoms with Crippen molar-refractivity contribution >= 4 is 23.2 Å². The average molecular weight is 406 g/mol. The Hall–Kier alpha value is -2.08. The van der Waals surface area contributed by atoms with E-state index in [1.807, 2.05) is 38.1 Å². The summed E-state index contributed by atoms with van der Waals surface area (Å²) in [6.45, 7) is 12.4. The topological polar surface area (TPSA) is 70.7 Å². The van der Waals surface area contributed by atoms with E-state index in [-0.39, 0.29) is 17.2 Å². The van der Waals surface area contributed by atoms with Gasteiger partial charge in [0.15, 0.2) is 0 Å². The molecular weight excluding hydrogens is 366 g/mol. The van der Waals surface area contributed by atoms with Gasteiger partial charge in [0.1, 0.15) is 0 Å². The zero-order chi connectivity index (χ0) is 22.0. The zero-order valence-corrected chi connectivity index (χ0v) is 19.2. The van der Waals surface area contributed by atoms with Gasteiger partial charge in [-0.1, -0.05) is 27.7 Å². The molecule has 0 fully saturated rings. The monoisotopic (exact) mass is 405 g/mol. The molecule has 0 aliphatic carbocycles. The fourth-order valence-electron chi connectivity index (χ4n) is 3.45. The minimum atomic E-state index is -0.151. The summed E-state index contributed by atoms with van der Waals surface area (Å²) < 4.78 is 5.30. The van der Waals surface area contributed by atoms with E-state index >= 15 is 0 Å². The molecule has 6 nitrogen and oxygen atoms in total. The Morgan fingerprint density at radius 3 is 2.48 bits per heavy atom. The van der Waals surface area contributed by atoms with E-state index in [0.29, 0.717) is 43.3 Å². The van der Waals surface area contributed by atoms with Crippen LogP contribution in [0.5, 0.6) is 0 Å². The Kier molecular flexibility index (Phi) is 10.2. The van der Waals surface area contributed by atoms with Gasteiger partial charge in [0.25, 0.3) is 5.91 Å². The molecule has 1 atom stereocenters. The number of rotatable bonds is 11. The summed E-state index contributed by atoms with van der Waals surface area (Å²) in [4.78, 5) is 27.0. The Labute approximate surface area is 176 Å². The van der Waals surface area contributed by atoms with E-state index in [1.54, 1.807) is 6.07 Å². The van der Waals surface area contributed by atoms with E-state index in [9.17, 15) is 9.59 Å². The summed E-state index contributed by atoms with van der Waals surface area (Å²) in [5.41, 5.74) is 2.20. The summed E-state index contributed by atoms with van der Waals surface area (Å²) in [5.74, 6) is 0.119. The van der Waals surface area contributed by atoms with Crippen LogP contribution in [-0.2, 0) is 9.53 Å². The highest BCUT2D eigenvalue weighted by molar-refractivity contribution is 6.02. The Bertz CT molecular complexity index is 666. The fourth-order valence-corrected chi connectivity index (χ4v) is 3.45. The van der Waals surface area contributed by atoms with Crippen LogP contribution in [0.1, 0.15) is 64.2 Å². The number of carbonyl (C=O) groups excluding carboxylic acids is 2. The lowest BCUT2D eigenvalue weighted by Gasteiger charge is -2.23. The predicted molar refractivity (Wildman–Crippen MR) is 121 cm³/mol. The molecule has 0 radical (unpaired) electrons. The van der Waals surface area contributed by atoms with Crippen LogP contribution in [0.4, 0.5) is 11.4 Å². The van der Waals surface area contributed by atoms with Gasteiger partial charge in [-0.2, -0.15) is 0 Å². The van der Waals surface area contributed by atoms with E-state index < -0.39 is 0 Å². The lowest BCUT2D eigenvalue weighted by molar-refractivity contribution is -0.117. The van der Waals surface area contributed by atoms with Crippen molar-refractivity contribution < 1.29 is 14.3 Å². The average Bonchev–Trinajstić information content (AvgIpc) is 2.59. The molecule has 2 N–H and O–H groups in total. The second-order valence-electron chi connectivity index (χ2n) is 9.05. The fraction of sp³-hybridized carbons (Fsp3) is 0.652. The molecule has 1 rings (SSSR count). The SMILES string of the molecule is CCOCCCNC(=O)c1cc(NC(=O)C[C@@H](C)CC(C)(C)C)ccc1N(C)C. The third kappa shape index (κ3) is 9.79. The number of ether oxygens (including phenoxy) is 1. The summed E-state index contributed by atoms with van der Waals surface area (Å²) >= 11 is 0. The maximum Gasteiger partial charge on any atom is 0.253 e. The lowest BCUT2D eigenvalue weighted by atomic mass is 9.84. The highest BCUT2D eigenvalue weighted by Gasteiger charge is 2.19. The van der Waals surface area contributed by atoms with Gasteiger partial charge in [-0.05, 0) is 49.3 Å². The van der Waals surface area contributed by atoms with Crippen molar-refractivity contribution in [1.82, 2.24) is 5.32 Å². The van der Waals surface area contributed by atoms with Crippen LogP contribution in [-0.4, -0.2) is 45.7 Å². The van der Waals surface area contributed by atoms with E-state index in [1.165, 1.54) is 0 Å². The van der Waals surface area contributed by atoms with Gasteiger partial charge in [-0.15, -0.1) is 0 Å². The van der Waals surface area contributed by atoms with Crippen LogP contribution < -0.4 is 15.5 Å². The molecule has 2 amide bonds. The van der Waals surface area contributed by atoms with Crippen LogP contribution in [0.15, 0.2) is 18.2 Å². The zero-order valence-electron chi connectivity index (χ0n) is 19.2. The minimum absolute atomic E-state index is 0.0255. The summed E-state index contributed by atoms with van der Waals surface area (Å²) in [6.07, 6.45) is 2.21. The third-order valence-electron chi connectivity index (χ3n) is 4.46. The van der Waals surface area contributed by atoms with Crippen molar-refractivity contribution in [2.24, 2.45) is 11.3 Å². The van der Waals surface area contributed by atoms with Gasteiger partial charge >= 0.3 is 0 Å². The van der Waals surface area contributed by atoms with Gasteiger partial charge in [-0.25, -0.2) is 0 Å². The number of benzene rings is 1. The second kappa shape index (κ2) is 11.8. The minimum Gasteiger partial charge on any atom is -0.382 e. The molecule has 6 heteroatoms. The Balaban J connectivity index is 2.78. The molecule has 0 saturated heterocycles. The molecule has 0 saturated carbocycles. The predicted octanol–water partition coefficient (Wildman–Crippen LogP) is 4.31. The van der Waals surface area contributed by atoms with Crippen LogP contribution in [0, 0.1) is 11.3 Å². The summed E-state index contributed by atoms with van der Waals surface area (Å²) in [5, 5.41) is 5.88. The van der Waals surface area contributed by atoms with Crippen LogP contribution >= 0.6 is 0 Å². The van der Waals surface area contributed by atoms with Gasteiger partial charge in [0.05, 0.1) is 5.56 Å². The van der Waals surface area contributed by atoms with Crippen LogP contribution in [0.2, 0.25) is 0 Å². The molecule has 0 aromatic heterocycles. The molecule has 1 aromatic carbocycles. The van der Waals surface area contributed by atoms with Crippen molar-refractivity contribution in [3.63, 3.8) is 0 Å². The molecule has 29 heavy (non-hydrogen) atoms. The molecule has 0 aliphatic rings. The van der Waals surface area contributed by atoms with Crippen LogP contribution in [0.25, 0.3) is 0 Å². The molecular formula is C23H39N3O3. The number of nitrogens with zero attached hydrogens (tertiary/aromatic N) is 1. The quantitative estimate of drug-likeness (QED) is 0.538. The first-order chi connectivity index (χ1) is 13.5. The first-order valence-electron chi connectivity index (χ1n) is 10.5. The molecule has 0 aliphatic heterocycles. The van der Waals surface area contributed by atoms with Gasteiger partial charge in [-0.3, -0.25) is 9.59 Å². The van der Waals surface area contributed by atoms with Crippen LogP contribution in [0.3, 0.4) is 0 Å². The molecule has 164 valence electrons. The van der Waals surface area contributed by atoms with E-state index in [2.05, 4.69) is 38.3 Å². The first kappa shape index (κ1) is 25.0. The van der Waals surface area contributed by atoms with Crippen molar-refractivity contribution in [1.29, 1.82) is 0 Å². The van der Waals surface area contributed by atoms with E-state index in [0.717, 1.165) is 18.5 Å². The maximum absolute atomic E-state index is 12.7. The normalized spacial score (nSPS) is 12.4. The van der Waals surface area contributed by atoms with Crippen molar-refractivity contribution in [2.45, 2.75) is 53.9 Å². The Morgan fingerprint density at radius 2 is 1.90 bits per heavy atom. The number of nitrogens with one attached hydrogen (secondary N) is 2. The number of hydrogen-bond acceptors (Lipinski definition) is 4. The Morgan fingerprint density at radius 1 is 1.21 bits per heavy atom. The van der Waals surface area contributed by atoms with Crippen molar-refractivity contribution in [2.75, 3.05) is 44.1 Å². The summed E-state index contributed by atoms with van der Waals surface area (Å²) in [6, 6.07) is 5.45.